The van der Waals surface area contributed by atoms with Crippen LogP contribution in [0.5, 0.6) is 0 Å². The van der Waals surface area contributed by atoms with Gasteiger partial charge in [-0.15, -0.1) is 0 Å². The summed E-state index contributed by atoms with van der Waals surface area (Å²) in [6, 6.07) is 11.9. The highest BCUT2D eigenvalue weighted by Gasteiger charge is 2.35. The van der Waals surface area contributed by atoms with E-state index in [2.05, 4.69) is 0 Å². The normalized spacial score (nSPS) is 18.9. The van der Waals surface area contributed by atoms with E-state index in [-0.39, 0.29) is 24.0 Å². The first-order chi connectivity index (χ1) is 11.8. The fraction of sp³-hybridized carbons (Fsp3) is 0.278. The largest absolute Gasteiger partial charge is 0.330 e. The lowest BCUT2D eigenvalue weighted by molar-refractivity contribution is 0.0681. The van der Waals surface area contributed by atoms with Crippen molar-refractivity contribution in [2.24, 2.45) is 0 Å². The van der Waals surface area contributed by atoms with Crippen LogP contribution in [0.2, 0.25) is 5.02 Å². The Labute approximate surface area is 151 Å². The summed E-state index contributed by atoms with van der Waals surface area (Å²) in [6.45, 7) is 0.247. The summed E-state index contributed by atoms with van der Waals surface area (Å²) in [5.74, 6) is -0.732. The van der Waals surface area contributed by atoms with E-state index in [1.165, 1.54) is 24.3 Å². The second-order valence-electron chi connectivity index (χ2n) is 6.13. The Morgan fingerprint density at radius 2 is 1.92 bits per heavy atom. The van der Waals surface area contributed by atoms with Crippen molar-refractivity contribution in [1.29, 1.82) is 0 Å². The molecule has 0 N–H and O–H groups in total. The molecule has 0 bridgehead atoms. The smallest absolute Gasteiger partial charge is 0.254 e. The molecule has 1 aliphatic rings. The van der Waals surface area contributed by atoms with E-state index in [4.69, 9.17) is 11.6 Å². The highest BCUT2D eigenvalue weighted by atomic mass is 35.5. The molecule has 7 heteroatoms. The van der Waals surface area contributed by atoms with Crippen LogP contribution in [0, 0.1) is 5.82 Å². The van der Waals surface area contributed by atoms with Gasteiger partial charge in [-0.1, -0.05) is 23.7 Å². The molecule has 25 heavy (non-hydrogen) atoms. The number of sulfone groups is 1. The predicted octanol–water partition coefficient (Wildman–Crippen LogP) is 3.31. The fourth-order valence-electron chi connectivity index (χ4n) is 2.98. The van der Waals surface area contributed by atoms with Crippen LogP contribution in [0.15, 0.2) is 48.5 Å². The lowest BCUT2D eigenvalue weighted by atomic mass is 10.1. The van der Waals surface area contributed by atoms with Gasteiger partial charge in [0, 0.05) is 23.2 Å². The number of rotatable bonds is 4. The quantitative estimate of drug-likeness (QED) is 0.816. The average molecular weight is 382 g/mol. The van der Waals surface area contributed by atoms with Gasteiger partial charge in [0.2, 0.25) is 0 Å². The maximum atomic E-state index is 13.1. The molecular weight excluding hydrogens is 365 g/mol. The highest BCUT2D eigenvalue weighted by molar-refractivity contribution is 7.91. The minimum atomic E-state index is -3.14. The Morgan fingerprint density at radius 3 is 2.52 bits per heavy atom. The van der Waals surface area contributed by atoms with Gasteiger partial charge in [-0.3, -0.25) is 4.79 Å². The van der Waals surface area contributed by atoms with Gasteiger partial charge in [0.1, 0.15) is 5.82 Å². The highest BCUT2D eigenvalue weighted by Crippen LogP contribution is 2.23. The molecule has 1 heterocycles. The maximum absolute atomic E-state index is 13.1. The van der Waals surface area contributed by atoms with Crippen molar-refractivity contribution in [3.63, 3.8) is 0 Å². The molecule has 1 fully saturated rings. The predicted molar refractivity (Wildman–Crippen MR) is 94.8 cm³/mol. The number of halogens is 2. The van der Waals surface area contributed by atoms with Crippen molar-refractivity contribution in [3.05, 3.63) is 70.5 Å². The van der Waals surface area contributed by atoms with E-state index in [1.807, 2.05) is 6.07 Å². The molecule has 3 rings (SSSR count). The Bertz CT molecular complexity index is 883. The van der Waals surface area contributed by atoms with Crippen LogP contribution in [0.4, 0.5) is 4.39 Å². The lowest BCUT2D eigenvalue weighted by Gasteiger charge is -2.28. The first-order valence-corrected chi connectivity index (χ1v) is 10.1. The van der Waals surface area contributed by atoms with Crippen molar-refractivity contribution in [2.45, 2.75) is 19.0 Å². The Balaban J connectivity index is 1.91. The first-order valence-electron chi connectivity index (χ1n) is 7.85. The molecule has 1 amide bonds. The molecule has 132 valence electrons. The lowest BCUT2D eigenvalue weighted by Crippen LogP contribution is -2.40. The summed E-state index contributed by atoms with van der Waals surface area (Å²) in [5, 5.41) is 0.547. The topological polar surface area (TPSA) is 54.5 Å². The fourth-order valence-corrected chi connectivity index (χ4v) is 4.92. The zero-order chi connectivity index (χ0) is 18.0. The molecule has 2 aromatic rings. The number of benzene rings is 2. The van der Waals surface area contributed by atoms with Crippen molar-refractivity contribution in [3.8, 4) is 0 Å². The third-order valence-corrected chi connectivity index (χ3v) is 6.23. The second-order valence-corrected chi connectivity index (χ2v) is 8.79. The molecule has 2 aromatic carbocycles. The number of carbonyl (C=O) groups excluding carboxylic acids is 1. The Morgan fingerprint density at radius 1 is 1.20 bits per heavy atom. The molecular formula is C18H17ClFNO3S. The van der Waals surface area contributed by atoms with Gasteiger partial charge in [0.25, 0.3) is 5.91 Å². The summed E-state index contributed by atoms with van der Waals surface area (Å²) in [7, 11) is -3.14. The standard InChI is InChI=1S/C18H17ClFNO3S/c19-15-3-1-2-13(10-15)11-21(17-8-9-25(23,24)12-17)18(22)14-4-6-16(20)7-5-14/h1-7,10,17H,8-9,11-12H2/t17-/m0/s1. The number of hydrogen-bond acceptors (Lipinski definition) is 3. The van der Waals surface area contributed by atoms with E-state index >= 15 is 0 Å². The number of amides is 1. The van der Waals surface area contributed by atoms with E-state index in [1.54, 1.807) is 23.1 Å². The van der Waals surface area contributed by atoms with Crippen LogP contribution >= 0.6 is 11.6 Å². The van der Waals surface area contributed by atoms with Crippen LogP contribution < -0.4 is 0 Å². The van der Waals surface area contributed by atoms with Gasteiger partial charge >= 0.3 is 0 Å². The monoisotopic (exact) mass is 381 g/mol. The maximum Gasteiger partial charge on any atom is 0.254 e. The van der Waals surface area contributed by atoms with Gasteiger partial charge < -0.3 is 4.90 Å². The van der Waals surface area contributed by atoms with Gasteiger partial charge in [0.05, 0.1) is 11.5 Å². The second kappa shape index (κ2) is 7.14. The Hall–Kier alpha value is -1.92. The van der Waals surface area contributed by atoms with Crippen LogP contribution in [0.3, 0.4) is 0 Å². The van der Waals surface area contributed by atoms with Crippen molar-refractivity contribution in [2.75, 3.05) is 11.5 Å². The third-order valence-electron chi connectivity index (χ3n) is 4.24. The average Bonchev–Trinajstić information content (AvgIpc) is 2.92. The summed E-state index contributed by atoms with van der Waals surface area (Å²) < 4.78 is 36.8. The molecule has 1 saturated heterocycles. The summed E-state index contributed by atoms with van der Waals surface area (Å²) >= 11 is 6.01. The van der Waals surface area contributed by atoms with E-state index in [9.17, 15) is 17.6 Å². The van der Waals surface area contributed by atoms with Gasteiger partial charge in [-0.25, -0.2) is 12.8 Å². The minimum absolute atomic E-state index is 0.0551. The van der Waals surface area contributed by atoms with Crippen molar-refractivity contribution >= 4 is 27.3 Å². The van der Waals surface area contributed by atoms with E-state index in [0.717, 1.165) is 5.56 Å². The molecule has 0 spiro atoms. The number of carbonyl (C=O) groups is 1. The number of hydrogen-bond donors (Lipinski definition) is 0. The number of nitrogens with zero attached hydrogens (tertiary/aromatic N) is 1. The van der Waals surface area contributed by atoms with Gasteiger partial charge in [-0.2, -0.15) is 0 Å². The van der Waals surface area contributed by atoms with Crippen LogP contribution in [0.1, 0.15) is 22.3 Å². The molecule has 0 unspecified atom stereocenters. The summed E-state index contributed by atoms with van der Waals surface area (Å²) in [5.41, 5.74) is 1.14. The van der Waals surface area contributed by atoms with Gasteiger partial charge in [-0.05, 0) is 48.4 Å². The first kappa shape index (κ1) is 17.9. The molecule has 1 atom stereocenters. The molecule has 1 aliphatic heterocycles. The van der Waals surface area contributed by atoms with Crippen LogP contribution in [0.25, 0.3) is 0 Å². The molecule has 4 nitrogen and oxygen atoms in total. The van der Waals surface area contributed by atoms with Crippen molar-refractivity contribution < 1.29 is 17.6 Å². The zero-order valence-electron chi connectivity index (χ0n) is 13.4. The van der Waals surface area contributed by atoms with E-state index in [0.29, 0.717) is 17.0 Å². The summed E-state index contributed by atoms with van der Waals surface area (Å²) in [4.78, 5) is 14.5. The van der Waals surface area contributed by atoms with Crippen molar-refractivity contribution in [1.82, 2.24) is 4.90 Å². The van der Waals surface area contributed by atoms with E-state index < -0.39 is 21.7 Å². The molecule has 0 aliphatic carbocycles. The molecule has 0 aromatic heterocycles. The van der Waals surface area contributed by atoms with Crippen LogP contribution in [-0.4, -0.2) is 36.8 Å². The summed E-state index contributed by atoms with van der Waals surface area (Å²) in [6.07, 6.45) is 0.399. The van der Waals surface area contributed by atoms with Gasteiger partial charge in [0.15, 0.2) is 9.84 Å². The zero-order valence-corrected chi connectivity index (χ0v) is 14.9. The SMILES string of the molecule is O=C(c1ccc(F)cc1)N(Cc1cccc(Cl)c1)[C@H]1CCS(=O)(=O)C1. The third kappa shape index (κ3) is 4.38. The molecule has 0 saturated carbocycles. The Kier molecular flexibility index (Phi) is 5.11. The van der Waals surface area contributed by atoms with Crippen LogP contribution in [-0.2, 0) is 16.4 Å². The minimum Gasteiger partial charge on any atom is -0.330 e. The molecule has 0 radical (unpaired) electrons.